The Hall–Kier alpha value is -4.41. The third-order valence-electron chi connectivity index (χ3n) is 12.3. The van der Waals surface area contributed by atoms with Crippen LogP contribution in [0.25, 0.3) is 0 Å². The lowest BCUT2D eigenvalue weighted by molar-refractivity contribution is -0.487. The van der Waals surface area contributed by atoms with Crippen LogP contribution in [0, 0.1) is 78.1 Å². The van der Waals surface area contributed by atoms with E-state index >= 15 is 0 Å². The highest BCUT2D eigenvalue weighted by molar-refractivity contribution is 7.80. The fourth-order valence-electron chi connectivity index (χ4n) is 8.37. The highest BCUT2D eigenvalue weighted by Crippen LogP contribution is 2.44. The number of carbonyl (C=O) groups excluding carboxylic acids is 11. The second-order valence-corrected chi connectivity index (χ2v) is 21.0. The van der Waals surface area contributed by atoms with E-state index in [0.717, 1.165) is 0 Å². The minimum atomic E-state index is -1.50. The fraction of sp³-hybridized carbons (Fsp3) is 0.733. The second-order valence-electron chi connectivity index (χ2n) is 20.7. The Balaban J connectivity index is 0.000000466. The van der Waals surface area contributed by atoms with E-state index in [4.69, 9.17) is 5.21 Å². The zero-order valence-electron chi connectivity index (χ0n) is 39.1. The van der Waals surface area contributed by atoms with Gasteiger partial charge in [0, 0.05) is 23.7 Å². The van der Waals surface area contributed by atoms with Crippen LogP contribution in [0.4, 0.5) is 0 Å². The Kier molecular flexibility index (Phi) is 17.5. The summed E-state index contributed by atoms with van der Waals surface area (Å²) in [5, 5.41) is 22.8. The van der Waals surface area contributed by atoms with Gasteiger partial charge in [0.2, 0.25) is 6.54 Å². The van der Waals surface area contributed by atoms with E-state index in [1.54, 1.807) is 0 Å². The zero-order chi connectivity index (χ0) is 49.2. The van der Waals surface area contributed by atoms with Crippen molar-refractivity contribution in [1.29, 1.82) is 0 Å². The third-order valence-corrected chi connectivity index (χ3v) is 12.9. The van der Waals surface area contributed by atoms with Gasteiger partial charge < -0.3 is 5.21 Å². The maximum Gasteiger partial charge on any atom is 0.206 e. The van der Waals surface area contributed by atoms with E-state index in [2.05, 4.69) is 17.8 Å². The van der Waals surface area contributed by atoms with Crippen LogP contribution in [-0.4, -0.2) is 91.8 Å². The number of nitrogens with zero attached hydrogens (tertiary/aromatic N) is 2. The molecular formula is C45H66N2O14S. The van der Waals surface area contributed by atoms with Crippen molar-refractivity contribution in [2.45, 2.75) is 130 Å². The van der Waals surface area contributed by atoms with Crippen molar-refractivity contribution in [3.8, 4) is 0 Å². The summed E-state index contributed by atoms with van der Waals surface area (Å²) in [4.78, 5) is 146. The first-order chi connectivity index (χ1) is 27.8. The summed E-state index contributed by atoms with van der Waals surface area (Å²) in [7, 11) is 0. The van der Waals surface area contributed by atoms with Crippen LogP contribution in [0.5, 0.6) is 0 Å². The molecule has 0 aromatic carbocycles. The van der Waals surface area contributed by atoms with E-state index in [0.29, 0.717) is 12.2 Å². The fourth-order valence-corrected chi connectivity index (χ4v) is 8.49. The van der Waals surface area contributed by atoms with Gasteiger partial charge in [0.05, 0.1) is 38.2 Å². The molecule has 3 fully saturated rings. The number of nitro groups is 1. The van der Waals surface area contributed by atoms with Gasteiger partial charge in [-0.05, 0) is 107 Å². The lowest BCUT2D eigenvalue weighted by Crippen LogP contribution is -2.59. The van der Waals surface area contributed by atoms with Gasteiger partial charge in [-0.15, -0.1) is 0 Å². The number of thiol groups is 1. The molecular weight excluding hydrogens is 825 g/mol. The van der Waals surface area contributed by atoms with Gasteiger partial charge in [-0.3, -0.25) is 62.9 Å². The van der Waals surface area contributed by atoms with Crippen LogP contribution in [0.2, 0.25) is 0 Å². The van der Waals surface area contributed by atoms with E-state index in [1.165, 1.54) is 90.0 Å². The quantitative estimate of drug-likeness (QED) is 0.0621. The van der Waals surface area contributed by atoms with Crippen LogP contribution >= 0.6 is 12.6 Å². The molecule has 3 aliphatic rings. The van der Waals surface area contributed by atoms with Crippen LogP contribution < -0.4 is 0 Å². The Bertz CT molecular complexity index is 1880. The molecule has 0 radical (unpaired) electrons. The topological polar surface area (TPSA) is 263 Å². The standard InChI is InChI=1S/C15H21NO6.C15H23NO4.C15H22O4S/c1-8(7-16(21)22)6-9(17)10-11(18)14(2,3)13(20)15(4,5)12(10)19;1-8(2)7-9(16-20)10-11(17)14(3,4)13(19)15(5,6)12(10)18;1-8(7-20)6-9(16)10-11(17)14(2,3)13(19)15(4,5)12(10)18/h8,10H,6-7H2,1-5H3;8,10,20H,7H2,1-6H3;8,10,20H,6-7H2,1-5H3/b;16-9+;. The van der Waals surface area contributed by atoms with Gasteiger partial charge in [-0.2, -0.15) is 12.6 Å². The van der Waals surface area contributed by atoms with Crippen LogP contribution in [-0.2, 0) is 52.7 Å². The first kappa shape index (κ1) is 55.6. The van der Waals surface area contributed by atoms with Crippen molar-refractivity contribution in [2.24, 2.45) is 73.2 Å². The van der Waals surface area contributed by atoms with Gasteiger partial charge in [0.1, 0.15) is 17.8 Å². The molecule has 62 heavy (non-hydrogen) atoms. The molecule has 3 rings (SSSR count). The average Bonchev–Trinajstić information content (AvgIpc) is 3.14. The molecule has 0 aromatic heterocycles. The van der Waals surface area contributed by atoms with Gasteiger partial charge in [-0.25, -0.2) is 0 Å². The summed E-state index contributed by atoms with van der Waals surface area (Å²) in [5.41, 5.74) is -7.73. The Morgan fingerprint density at radius 3 is 1.03 bits per heavy atom. The number of oxime groups is 1. The van der Waals surface area contributed by atoms with Gasteiger partial charge in [0.15, 0.2) is 63.6 Å². The normalized spacial score (nSPS) is 23.3. The molecule has 0 saturated heterocycles. The lowest BCUT2D eigenvalue weighted by Gasteiger charge is -2.40. The molecule has 0 bridgehead atoms. The van der Waals surface area contributed by atoms with Crippen molar-refractivity contribution in [3.63, 3.8) is 0 Å². The predicted molar refractivity (Wildman–Crippen MR) is 230 cm³/mol. The average molecular weight is 891 g/mol. The molecule has 2 unspecified atom stereocenters. The minimum Gasteiger partial charge on any atom is -0.411 e. The summed E-state index contributed by atoms with van der Waals surface area (Å²) in [6.45, 7) is 24.5. The molecule has 16 nitrogen and oxygen atoms in total. The van der Waals surface area contributed by atoms with Gasteiger partial charge in [0.25, 0.3) is 0 Å². The molecule has 0 heterocycles. The summed E-state index contributed by atoms with van der Waals surface area (Å²) in [6, 6.07) is 0. The maximum absolute atomic E-state index is 12.5. The monoisotopic (exact) mass is 890 g/mol. The molecule has 0 aliphatic heterocycles. The van der Waals surface area contributed by atoms with E-state index in [1.807, 2.05) is 20.8 Å². The van der Waals surface area contributed by atoms with Crippen molar-refractivity contribution in [2.75, 3.05) is 12.3 Å². The van der Waals surface area contributed by atoms with Gasteiger partial charge in [-0.1, -0.05) is 32.9 Å². The Morgan fingerprint density at radius 1 is 0.548 bits per heavy atom. The number of hydrogen-bond donors (Lipinski definition) is 2. The number of Topliss-reactive ketones (excluding diaryl/α,β-unsaturated/α-hetero) is 11. The highest BCUT2D eigenvalue weighted by atomic mass is 32.1. The van der Waals surface area contributed by atoms with Gasteiger partial charge >= 0.3 is 0 Å². The Labute approximate surface area is 369 Å². The largest absolute Gasteiger partial charge is 0.411 e. The number of ketones is 11. The molecule has 0 spiro atoms. The molecule has 0 amide bonds. The molecule has 1 N–H and O–H groups in total. The number of carbonyl (C=O) groups is 11. The SMILES string of the molecule is CC(C)C/C(=N\O)C1C(=O)C(C)(C)C(=O)C(C)(C)C1=O.CC(CC(=O)C1C(=O)C(C)(C)C(=O)C(C)(C)C1=O)C[N+](=O)[O-].CC(CS)CC(=O)C1C(=O)C(C)(C)C(=O)C(C)(C)C1=O. The smallest absolute Gasteiger partial charge is 0.206 e. The summed E-state index contributed by atoms with van der Waals surface area (Å²) in [5.74, 6) is -9.68. The third kappa shape index (κ3) is 10.8. The van der Waals surface area contributed by atoms with Crippen molar-refractivity contribution in [3.05, 3.63) is 10.1 Å². The summed E-state index contributed by atoms with van der Waals surface area (Å²) >= 11 is 4.11. The molecule has 3 saturated carbocycles. The van der Waals surface area contributed by atoms with Crippen LogP contribution in [0.3, 0.4) is 0 Å². The Morgan fingerprint density at radius 2 is 0.806 bits per heavy atom. The molecule has 17 heteroatoms. The first-order valence-electron chi connectivity index (χ1n) is 20.7. The second kappa shape index (κ2) is 19.5. The highest BCUT2D eigenvalue weighted by Gasteiger charge is 2.62. The lowest BCUT2D eigenvalue weighted by atomic mass is 9.57. The minimum absolute atomic E-state index is 0.00436. The summed E-state index contributed by atoms with van der Waals surface area (Å²) < 4.78 is 0. The molecule has 3 aliphatic carbocycles. The number of rotatable bonds is 12. The van der Waals surface area contributed by atoms with E-state index in [-0.39, 0.29) is 36.2 Å². The maximum atomic E-state index is 12.5. The first-order valence-corrected chi connectivity index (χ1v) is 21.3. The van der Waals surface area contributed by atoms with Crippen LogP contribution in [0.1, 0.15) is 130 Å². The molecule has 2 atom stereocenters. The summed E-state index contributed by atoms with van der Waals surface area (Å²) in [6.07, 6.45) is 0.245. The number of hydrogen-bond acceptors (Lipinski definition) is 16. The molecule has 346 valence electrons. The van der Waals surface area contributed by atoms with Crippen molar-refractivity contribution in [1.82, 2.24) is 0 Å². The van der Waals surface area contributed by atoms with Crippen LogP contribution in [0.15, 0.2) is 5.16 Å². The van der Waals surface area contributed by atoms with Crippen molar-refractivity contribution >= 4 is 82.0 Å². The van der Waals surface area contributed by atoms with E-state index < -0.39 is 125 Å². The zero-order valence-corrected chi connectivity index (χ0v) is 40.0. The predicted octanol–water partition coefficient (Wildman–Crippen LogP) is 5.40. The molecule has 0 aromatic rings. The van der Waals surface area contributed by atoms with Crippen molar-refractivity contribution < 1.29 is 62.9 Å². The van der Waals surface area contributed by atoms with E-state index in [9.17, 15) is 62.9 Å².